The summed E-state index contributed by atoms with van der Waals surface area (Å²) >= 11 is 6.22. The van der Waals surface area contributed by atoms with Crippen molar-refractivity contribution in [3.8, 4) is 0 Å². The van der Waals surface area contributed by atoms with Gasteiger partial charge < -0.3 is 15.3 Å². The number of carbonyl (C=O) groups excluding carboxylic acids is 1. The van der Waals surface area contributed by atoms with Crippen molar-refractivity contribution >= 4 is 34.2 Å². The molecular weight excluding hydrogens is 457 g/mol. The summed E-state index contributed by atoms with van der Waals surface area (Å²) in [5.74, 6) is 0.00767. The van der Waals surface area contributed by atoms with E-state index in [1.807, 2.05) is 17.7 Å². The molecule has 33 heavy (non-hydrogen) atoms. The second-order valence-electron chi connectivity index (χ2n) is 8.85. The Morgan fingerprint density at radius 2 is 1.94 bits per heavy atom. The van der Waals surface area contributed by atoms with E-state index in [0.717, 1.165) is 22.5 Å². The fourth-order valence-corrected chi connectivity index (χ4v) is 5.50. The van der Waals surface area contributed by atoms with Gasteiger partial charge in [0, 0.05) is 29.1 Å². The van der Waals surface area contributed by atoms with E-state index in [0.29, 0.717) is 31.0 Å². The lowest BCUT2D eigenvalue weighted by Crippen LogP contribution is -2.49. The second kappa shape index (κ2) is 7.63. The van der Waals surface area contributed by atoms with Crippen molar-refractivity contribution in [2.24, 2.45) is 5.92 Å². The molecule has 0 spiro atoms. The van der Waals surface area contributed by atoms with Gasteiger partial charge in [0.25, 0.3) is 0 Å². The van der Waals surface area contributed by atoms with E-state index in [-0.39, 0.29) is 11.6 Å². The number of likely N-dealkylation sites (tertiary alicyclic amines) is 1. The van der Waals surface area contributed by atoms with E-state index in [1.165, 1.54) is 23.1 Å². The number of aliphatic hydroxyl groups is 1. The lowest BCUT2D eigenvalue weighted by Gasteiger charge is -2.42. The number of anilines is 1. The van der Waals surface area contributed by atoms with E-state index in [9.17, 15) is 23.1 Å². The molecule has 1 saturated heterocycles. The van der Waals surface area contributed by atoms with Crippen LogP contribution in [0, 0.1) is 5.92 Å². The standard InChI is InChI=1S/C23H22ClF3N4O2/c1-22(20(32)16-11-15(24)10-13-12-28-31(22)19(13)16)14-6-8-30(9-7-14)21(33)29-18-5-3-2-4-17(18)23(25,26)27/h2-5,10-12,14,20,32H,6-9H2,1H3,(H,29,33)/t20-,22?/m0/s1. The molecule has 2 aromatic carbocycles. The van der Waals surface area contributed by atoms with Gasteiger partial charge in [-0.15, -0.1) is 0 Å². The van der Waals surface area contributed by atoms with Crippen molar-refractivity contribution < 1.29 is 23.1 Å². The number of aromatic nitrogens is 2. The van der Waals surface area contributed by atoms with E-state index in [2.05, 4.69) is 10.4 Å². The zero-order valence-corrected chi connectivity index (χ0v) is 18.5. The third-order valence-electron chi connectivity index (χ3n) is 7.05. The number of alkyl halides is 3. The molecule has 2 N–H and O–H groups in total. The van der Waals surface area contributed by atoms with Gasteiger partial charge in [-0.2, -0.15) is 18.3 Å². The lowest BCUT2D eigenvalue weighted by molar-refractivity contribution is -0.136. The first kappa shape index (κ1) is 22.0. The van der Waals surface area contributed by atoms with Crippen LogP contribution in [0.1, 0.15) is 37.0 Å². The normalized spacial score (nSPS) is 23.3. The number of nitrogens with zero attached hydrogens (tertiary/aromatic N) is 3. The predicted molar refractivity (Wildman–Crippen MR) is 118 cm³/mol. The summed E-state index contributed by atoms with van der Waals surface area (Å²) in [6.07, 6.45) is -2.48. The Bertz CT molecular complexity index is 1240. The van der Waals surface area contributed by atoms with E-state index >= 15 is 0 Å². The van der Waals surface area contributed by atoms with Crippen LogP contribution in [0.3, 0.4) is 0 Å². The van der Waals surface area contributed by atoms with E-state index in [4.69, 9.17) is 11.6 Å². The van der Waals surface area contributed by atoms with E-state index in [1.54, 1.807) is 12.3 Å². The molecule has 1 unspecified atom stereocenters. The highest BCUT2D eigenvalue weighted by Crippen LogP contribution is 2.51. The minimum Gasteiger partial charge on any atom is -0.386 e. The smallest absolute Gasteiger partial charge is 0.386 e. The number of piperidine rings is 1. The fourth-order valence-electron chi connectivity index (χ4n) is 5.26. The summed E-state index contributed by atoms with van der Waals surface area (Å²) in [6.45, 7) is 2.67. The highest BCUT2D eigenvalue weighted by Gasteiger charge is 2.50. The van der Waals surface area contributed by atoms with Gasteiger partial charge in [0.2, 0.25) is 0 Å². The molecule has 6 nitrogen and oxygen atoms in total. The van der Waals surface area contributed by atoms with Gasteiger partial charge in [0.1, 0.15) is 6.10 Å². The van der Waals surface area contributed by atoms with Crippen molar-refractivity contribution in [2.45, 2.75) is 37.6 Å². The minimum atomic E-state index is -4.56. The average Bonchev–Trinajstić information content (AvgIpc) is 3.29. The van der Waals surface area contributed by atoms with Gasteiger partial charge >= 0.3 is 12.2 Å². The quantitative estimate of drug-likeness (QED) is 0.517. The Balaban J connectivity index is 1.32. The van der Waals surface area contributed by atoms with Crippen LogP contribution in [0.25, 0.3) is 10.9 Å². The summed E-state index contributed by atoms with van der Waals surface area (Å²) in [5.41, 5.74) is -0.254. The maximum Gasteiger partial charge on any atom is 0.418 e. The second-order valence-corrected chi connectivity index (χ2v) is 9.29. The minimum absolute atomic E-state index is 0.00767. The Hall–Kier alpha value is -2.78. The fraction of sp³-hybridized carbons (Fsp3) is 0.391. The molecule has 5 rings (SSSR count). The van der Waals surface area contributed by atoms with Crippen molar-refractivity contribution in [1.29, 1.82) is 0 Å². The summed E-state index contributed by atoms with van der Waals surface area (Å²) < 4.78 is 41.6. The molecule has 0 saturated carbocycles. The van der Waals surface area contributed by atoms with Crippen molar-refractivity contribution in [1.82, 2.24) is 14.7 Å². The maximum absolute atomic E-state index is 13.2. The van der Waals surface area contributed by atoms with Crippen LogP contribution >= 0.6 is 11.6 Å². The van der Waals surface area contributed by atoms with Gasteiger partial charge in [-0.1, -0.05) is 23.7 Å². The number of benzene rings is 2. The van der Waals surface area contributed by atoms with Gasteiger partial charge in [-0.25, -0.2) is 4.79 Å². The zero-order valence-electron chi connectivity index (χ0n) is 17.7. The van der Waals surface area contributed by atoms with Gasteiger partial charge in [0.05, 0.1) is 28.5 Å². The summed E-state index contributed by atoms with van der Waals surface area (Å²) in [6, 6.07) is 7.93. The number of amides is 2. The lowest BCUT2D eigenvalue weighted by atomic mass is 9.75. The Kier molecular flexibility index (Phi) is 5.10. The van der Waals surface area contributed by atoms with E-state index < -0.39 is 29.4 Å². The number of hydrogen-bond donors (Lipinski definition) is 2. The number of urea groups is 1. The van der Waals surface area contributed by atoms with Gasteiger partial charge in [-0.3, -0.25) is 4.68 Å². The molecule has 3 heterocycles. The number of aliphatic hydroxyl groups excluding tert-OH is 1. The van der Waals surface area contributed by atoms with Crippen molar-refractivity contribution in [2.75, 3.05) is 18.4 Å². The molecule has 0 bridgehead atoms. The Morgan fingerprint density at radius 1 is 1.24 bits per heavy atom. The monoisotopic (exact) mass is 478 g/mol. The number of carbonyl (C=O) groups is 1. The zero-order chi connectivity index (χ0) is 23.5. The number of rotatable bonds is 2. The average molecular weight is 479 g/mol. The molecule has 3 aromatic rings. The highest BCUT2D eigenvalue weighted by molar-refractivity contribution is 6.31. The summed E-state index contributed by atoms with van der Waals surface area (Å²) in [5, 5.41) is 19.5. The first-order chi connectivity index (χ1) is 15.6. The molecule has 2 atom stereocenters. The maximum atomic E-state index is 13.2. The third-order valence-corrected chi connectivity index (χ3v) is 7.26. The van der Waals surface area contributed by atoms with Crippen LogP contribution in [0.2, 0.25) is 5.02 Å². The number of nitrogens with one attached hydrogen (secondary N) is 1. The molecule has 0 radical (unpaired) electrons. The molecule has 0 aliphatic carbocycles. The Morgan fingerprint density at radius 3 is 2.64 bits per heavy atom. The first-order valence-corrected chi connectivity index (χ1v) is 11.1. The molecule has 1 aromatic heterocycles. The number of halogens is 4. The molecule has 2 aliphatic rings. The molecule has 10 heteroatoms. The van der Waals surface area contributed by atoms with Crippen LogP contribution in [-0.2, 0) is 11.7 Å². The third kappa shape index (κ3) is 3.45. The van der Waals surface area contributed by atoms with Crippen LogP contribution in [-0.4, -0.2) is 38.9 Å². The molecule has 1 fully saturated rings. The largest absolute Gasteiger partial charge is 0.418 e. The molecule has 2 aliphatic heterocycles. The summed E-state index contributed by atoms with van der Waals surface area (Å²) in [7, 11) is 0. The number of hydrogen-bond acceptors (Lipinski definition) is 3. The Labute approximate surface area is 192 Å². The SMILES string of the molecule is CC1(C2CCN(C(=O)Nc3ccccc3C(F)(F)F)CC2)[C@@H](O)c2cc(Cl)cc3cnn1c23. The number of para-hydroxylation sites is 1. The van der Waals surface area contributed by atoms with Crippen LogP contribution in [0.5, 0.6) is 0 Å². The van der Waals surface area contributed by atoms with Crippen LogP contribution in [0.4, 0.5) is 23.7 Å². The highest BCUT2D eigenvalue weighted by atomic mass is 35.5. The van der Waals surface area contributed by atoms with Crippen molar-refractivity contribution in [3.63, 3.8) is 0 Å². The van der Waals surface area contributed by atoms with Gasteiger partial charge in [0.15, 0.2) is 0 Å². The van der Waals surface area contributed by atoms with Crippen LogP contribution < -0.4 is 5.32 Å². The predicted octanol–water partition coefficient (Wildman–Crippen LogP) is 5.41. The first-order valence-electron chi connectivity index (χ1n) is 10.7. The molecule has 2 amide bonds. The molecular formula is C23H22ClF3N4O2. The van der Waals surface area contributed by atoms with Crippen molar-refractivity contribution in [3.05, 3.63) is 58.7 Å². The van der Waals surface area contributed by atoms with Gasteiger partial charge in [-0.05, 0) is 49.9 Å². The topological polar surface area (TPSA) is 70.4 Å². The van der Waals surface area contributed by atoms with Crippen LogP contribution in [0.15, 0.2) is 42.6 Å². The molecule has 174 valence electrons. The summed E-state index contributed by atoms with van der Waals surface area (Å²) in [4.78, 5) is 14.2.